The van der Waals surface area contributed by atoms with Crippen LogP contribution in [0.25, 0.3) is 0 Å². The van der Waals surface area contributed by atoms with Crippen LogP contribution in [0.2, 0.25) is 5.02 Å². The zero-order valence-corrected chi connectivity index (χ0v) is 10.4. The molecule has 2 nitrogen and oxygen atoms in total. The van der Waals surface area contributed by atoms with Gasteiger partial charge in [-0.15, -0.1) is 0 Å². The van der Waals surface area contributed by atoms with E-state index >= 15 is 0 Å². The van der Waals surface area contributed by atoms with Gasteiger partial charge >= 0.3 is 0 Å². The number of aliphatic hydroxyl groups is 1. The van der Waals surface area contributed by atoms with Gasteiger partial charge in [-0.3, -0.25) is 0 Å². The van der Waals surface area contributed by atoms with Crippen LogP contribution in [0.15, 0.2) is 18.2 Å². The van der Waals surface area contributed by atoms with E-state index in [9.17, 15) is 9.50 Å². The lowest BCUT2D eigenvalue weighted by Crippen LogP contribution is -2.38. The van der Waals surface area contributed by atoms with Gasteiger partial charge in [0.1, 0.15) is 5.82 Å². The molecule has 1 aromatic rings. The highest BCUT2D eigenvalue weighted by Gasteiger charge is 2.28. The predicted molar refractivity (Wildman–Crippen MR) is 67.9 cm³/mol. The van der Waals surface area contributed by atoms with Gasteiger partial charge in [0.2, 0.25) is 0 Å². The van der Waals surface area contributed by atoms with Crippen molar-refractivity contribution < 1.29 is 9.50 Å². The highest BCUT2D eigenvalue weighted by molar-refractivity contribution is 6.30. The summed E-state index contributed by atoms with van der Waals surface area (Å²) in [7, 11) is 0. The number of nitrogens with one attached hydrogen (secondary N) is 1. The van der Waals surface area contributed by atoms with Gasteiger partial charge < -0.3 is 10.4 Å². The van der Waals surface area contributed by atoms with E-state index in [1.165, 1.54) is 18.6 Å². The minimum absolute atomic E-state index is 0.364. The van der Waals surface area contributed by atoms with E-state index in [2.05, 4.69) is 5.32 Å². The molecule has 0 aromatic heterocycles. The average Bonchev–Trinajstić information content (AvgIpc) is 2.26. The number of hydrogen-bond donors (Lipinski definition) is 2. The summed E-state index contributed by atoms with van der Waals surface area (Å²) in [6, 6.07) is 4.32. The first-order valence-corrected chi connectivity index (χ1v) is 6.38. The zero-order valence-electron chi connectivity index (χ0n) is 9.68. The van der Waals surface area contributed by atoms with Crippen LogP contribution >= 0.6 is 11.6 Å². The lowest BCUT2D eigenvalue weighted by atomic mass is 9.85. The molecule has 1 saturated carbocycles. The molecule has 94 valence electrons. The van der Waals surface area contributed by atoms with Crippen molar-refractivity contribution in [3.05, 3.63) is 29.0 Å². The van der Waals surface area contributed by atoms with Crippen LogP contribution in [0.3, 0.4) is 0 Å². The molecule has 1 aliphatic carbocycles. The first-order valence-electron chi connectivity index (χ1n) is 6.00. The predicted octanol–water partition coefficient (Wildman–Crippen LogP) is 3.59. The molecule has 2 rings (SSSR count). The topological polar surface area (TPSA) is 32.3 Å². The maximum absolute atomic E-state index is 13.1. The van der Waals surface area contributed by atoms with E-state index < -0.39 is 5.60 Å². The van der Waals surface area contributed by atoms with Gasteiger partial charge in [0, 0.05) is 17.3 Å². The van der Waals surface area contributed by atoms with Gasteiger partial charge in [0.05, 0.1) is 5.60 Å². The van der Waals surface area contributed by atoms with Crippen molar-refractivity contribution in [1.29, 1.82) is 0 Å². The quantitative estimate of drug-likeness (QED) is 0.867. The van der Waals surface area contributed by atoms with E-state index in [1.807, 2.05) is 0 Å². The van der Waals surface area contributed by atoms with E-state index in [4.69, 9.17) is 11.6 Å². The molecule has 0 saturated heterocycles. The minimum atomic E-state index is -0.656. The van der Waals surface area contributed by atoms with Gasteiger partial charge in [-0.05, 0) is 31.0 Å². The monoisotopic (exact) mass is 257 g/mol. The first kappa shape index (κ1) is 12.7. The molecule has 0 spiro atoms. The lowest BCUT2D eigenvalue weighted by molar-refractivity contribution is 0.0167. The normalized spacial score (nSPS) is 19.0. The number of anilines is 1. The van der Waals surface area contributed by atoms with Crippen LogP contribution in [0.5, 0.6) is 0 Å². The standard InChI is InChI=1S/C13H17ClFNO/c14-10-6-11(15)8-12(7-10)16-9-13(17)4-2-1-3-5-13/h6-8,16-17H,1-5,9H2. The van der Waals surface area contributed by atoms with Gasteiger partial charge in [0.25, 0.3) is 0 Å². The second-order valence-electron chi connectivity index (χ2n) is 4.80. The molecule has 0 unspecified atom stereocenters. The first-order chi connectivity index (χ1) is 8.07. The van der Waals surface area contributed by atoms with Crippen LogP contribution in [0.1, 0.15) is 32.1 Å². The van der Waals surface area contributed by atoms with Gasteiger partial charge in [0.15, 0.2) is 0 Å². The Morgan fingerprint density at radius 3 is 2.59 bits per heavy atom. The maximum atomic E-state index is 13.1. The summed E-state index contributed by atoms with van der Waals surface area (Å²) >= 11 is 5.76. The molecule has 1 aliphatic rings. The smallest absolute Gasteiger partial charge is 0.126 e. The molecule has 1 aromatic carbocycles. The molecular weight excluding hydrogens is 241 g/mol. The number of rotatable bonds is 3. The molecule has 0 atom stereocenters. The van der Waals surface area contributed by atoms with Crippen molar-refractivity contribution in [3.8, 4) is 0 Å². The average molecular weight is 258 g/mol. The molecule has 0 heterocycles. The second-order valence-corrected chi connectivity index (χ2v) is 5.23. The Balaban J connectivity index is 1.96. The molecule has 4 heteroatoms. The molecule has 2 N–H and O–H groups in total. The summed E-state index contributed by atoms with van der Waals surface area (Å²) in [6.07, 6.45) is 4.92. The Kier molecular flexibility index (Phi) is 3.89. The Morgan fingerprint density at radius 1 is 1.24 bits per heavy atom. The van der Waals surface area contributed by atoms with Crippen molar-refractivity contribution in [1.82, 2.24) is 0 Å². The van der Waals surface area contributed by atoms with Crippen molar-refractivity contribution in [2.24, 2.45) is 0 Å². The van der Waals surface area contributed by atoms with Crippen LogP contribution in [-0.2, 0) is 0 Å². The molecule has 0 amide bonds. The Morgan fingerprint density at radius 2 is 1.94 bits per heavy atom. The molecule has 1 fully saturated rings. The number of hydrogen-bond acceptors (Lipinski definition) is 2. The van der Waals surface area contributed by atoms with Gasteiger partial charge in [-0.1, -0.05) is 30.9 Å². The Hall–Kier alpha value is -0.800. The second kappa shape index (κ2) is 5.23. The van der Waals surface area contributed by atoms with Gasteiger partial charge in [-0.2, -0.15) is 0 Å². The van der Waals surface area contributed by atoms with Crippen molar-refractivity contribution in [3.63, 3.8) is 0 Å². The Bertz CT molecular complexity index is 371. The molecular formula is C13H17ClFNO. The maximum Gasteiger partial charge on any atom is 0.126 e. The van der Waals surface area contributed by atoms with E-state index in [1.54, 1.807) is 6.07 Å². The number of halogens is 2. The highest BCUT2D eigenvalue weighted by Crippen LogP contribution is 2.28. The van der Waals surface area contributed by atoms with Gasteiger partial charge in [-0.25, -0.2) is 4.39 Å². The third-order valence-electron chi connectivity index (χ3n) is 3.27. The summed E-state index contributed by atoms with van der Waals surface area (Å²) < 4.78 is 13.1. The van der Waals surface area contributed by atoms with Crippen LogP contribution < -0.4 is 5.32 Å². The van der Waals surface area contributed by atoms with E-state index in [0.29, 0.717) is 17.3 Å². The summed E-state index contributed by atoms with van der Waals surface area (Å²) in [5, 5.41) is 13.7. The SMILES string of the molecule is OC1(CNc2cc(F)cc(Cl)c2)CCCCC1. The minimum Gasteiger partial charge on any atom is -0.388 e. The third kappa shape index (κ3) is 3.58. The molecule has 0 radical (unpaired) electrons. The lowest BCUT2D eigenvalue weighted by Gasteiger charge is -2.32. The fourth-order valence-corrected chi connectivity index (χ4v) is 2.53. The van der Waals surface area contributed by atoms with E-state index in [-0.39, 0.29) is 5.82 Å². The van der Waals surface area contributed by atoms with Crippen molar-refractivity contribution in [2.45, 2.75) is 37.7 Å². The van der Waals surface area contributed by atoms with Crippen LogP contribution in [0, 0.1) is 5.82 Å². The van der Waals surface area contributed by atoms with Crippen LogP contribution in [0.4, 0.5) is 10.1 Å². The van der Waals surface area contributed by atoms with E-state index in [0.717, 1.165) is 25.7 Å². The summed E-state index contributed by atoms with van der Waals surface area (Å²) in [5.41, 5.74) is -0.0363. The fourth-order valence-electron chi connectivity index (χ4n) is 2.31. The Labute approximate surface area is 106 Å². The third-order valence-corrected chi connectivity index (χ3v) is 3.49. The molecule has 17 heavy (non-hydrogen) atoms. The van der Waals surface area contributed by atoms with Crippen molar-refractivity contribution in [2.75, 3.05) is 11.9 Å². The summed E-state index contributed by atoms with van der Waals surface area (Å²) in [4.78, 5) is 0. The summed E-state index contributed by atoms with van der Waals surface area (Å²) in [6.45, 7) is 0.451. The number of benzene rings is 1. The van der Waals surface area contributed by atoms with Crippen molar-refractivity contribution >= 4 is 17.3 Å². The zero-order chi connectivity index (χ0) is 12.3. The molecule has 0 aliphatic heterocycles. The highest BCUT2D eigenvalue weighted by atomic mass is 35.5. The molecule has 0 bridgehead atoms. The van der Waals surface area contributed by atoms with Crippen LogP contribution in [-0.4, -0.2) is 17.3 Å². The fraction of sp³-hybridized carbons (Fsp3) is 0.538. The largest absolute Gasteiger partial charge is 0.388 e. The summed E-state index contributed by atoms with van der Waals surface area (Å²) in [5.74, 6) is -0.365.